The second-order valence-corrected chi connectivity index (χ2v) is 9.18. The molecule has 30 heavy (non-hydrogen) atoms. The third kappa shape index (κ3) is 7.51. The van der Waals surface area contributed by atoms with Crippen molar-refractivity contribution in [2.45, 2.75) is 37.6 Å². The van der Waals surface area contributed by atoms with Crippen LogP contribution in [-0.2, 0) is 22.0 Å². The second-order valence-electron chi connectivity index (χ2n) is 7.29. The van der Waals surface area contributed by atoms with Gasteiger partial charge >= 0.3 is 0 Å². The van der Waals surface area contributed by atoms with Gasteiger partial charge in [-0.2, -0.15) is 0 Å². The van der Waals surface area contributed by atoms with Crippen molar-refractivity contribution in [3.05, 3.63) is 65.5 Å². The van der Waals surface area contributed by atoms with E-state index < -0.39 is 10.0 Å². The Morgan fingerprint density at radius 1 is 1.10 bits per heavy atom. The molecule has 0 saturated carbocycles. The zero-order valence-corrected chi connectivity index (χ0v) is 20.8. The van der Waals surface area contributed by atoms with E-state index in [0.29, 0.717) is 25.6 Å². The van der Waals surface area contributed by atoms with E-state index in [1.165, 1.54) is 13.1 Å². The van der Waals surface area contributed by atoms with Gasteiger partial charge in [0.15, 0.2) is 5.96 Å². The van der Waals surface area contributed by atoms with E-state index in [-0.39, 0.29) is 40.1 Å². The molecule has 0 radical (unpaired) electrons. The van der Waals surface area contributed by atoms with Crippen molar-refractivity contribution in [1.82, 2.24) is 15.4 Å². The van der Waals surface area contributed by atoms with Crippen LogP contribution in [0.4, 0.5) is 4.39 Å². The standard InChI is InChI=1S/C21H29FN4O2S.HI/c1-5-24-20(26-15-21(2,3)17-7-6-8-18(22)13-17)25-14-16-9-11-19(12-10-16)29(27,28)23-4;/h6-13,23H,5,14-15H2,1-4H3,(H2,24,25,26);1H. The first kappa shape index (κ1) is 26.3. The second kappa shape index (κ2) is 11.6. The number of nitrogens with one attached hydrogen (secondary N) is 3. The maximum atomic E-state index is 13.6. The molecule has 2 rings (SSSR count). The number of nitrogens with zero attached hydrogens (tertiary/aromatic N) is 1. The number of sulfonamides is 1. The van der Waals surface area contributed by atoms with Crippen LogP contribution >= 0.6 is 24.0 Å². The molecule has 0 fully saturated rings. The minimum Gasteiger partial charge on any atom is -0.357 e. The molecule has 0 aromatic heterocycles. The van der Waals surface area contributed by atoms with Crippen LogP contribution in [0.1, 0.15) is 31.9 Å². The summed E-state index contributed by atoms with van der Waals surface area (Å²) >= 11 is 0. The Kier molecular flexibility index (Phi) is 10.2. The molecule has 0 aliphatic rings. The number of guanidine groups is 1. The van der Waals surface area contributed by atoms with Gasteiger partial charge in [-0.05, 0) is 49.4 Å². The fourth-order valence-corrected chi connectivity index (χ4v) is 3.45. The summed E-state index contributed by atoms with van der Waals surface area (Å²) in [5.41, 5.74) is 1.50. The van der Waals surface area contributed by atoms with Gasteiger partial charge in [-0.25, -0.2) is 22.5 Å². The van der Waals surface area contributed by atoms with Crippen LogP contribution in [-0.4, -0.2) is 34.5 Å². The highest BCUT2D eigenvalue weighted by Gasteiger charge is 2.21. The van der Waals surface area contributed by atoms with E-state index in [4.69, 9.17) is 0 Å². The Labute approximate surface area is 195 Å². The predicted octanol–water partition coefficient (Wildman–Crippen LogP) is 3.38. The summed E-state index contributed by atoms with van der Waals surface area (Å²) in [6.07, 6.45) is 0. The summed E-state index contributed by atoms with van der Waals surface area (Å²) in [6.45, 7) is 7.73. The molecule has 0 heterocycles. The Hall–Kier alpha value is -1.72. The molecule has 0 aliphatic heterocycles. The zero-order valence-electron chi connectivity index (χ0n) is 17.7. The molecule has 6 nitrogen and oxygen atoms in total. The normalized spacial score (nSPS) is 12.2. The minimum atomic E-state index is -3.45. The Bertz CT molecular complexity index is 948. The molecule has 0 spiro atoms. The van der Waals surface area contributed by atoms with Gasteiger partial charge in [0.25, 0.3) is 0 Å². The first-order valence-electron chi connectivity index (χ1n) is 9.48. The third-order valence-electron chi connectivity index (χ3n) is 4.57. The highest BCUT2D eigenvalue weighted by atomic mass is 127. The van der Waals surface area contributed by atoms with Crippen molar-refractivity contribution in [2.75, 3.05) is 20.1 Å². The average Bonchev–Trinajstić information content (AvgIpc) is 2.70. The van der Waals surface area contributed by atoms with Crippen LogP contribution in [0.25, 0.3) is 0 Å². The van der Waals surface area contributed by atoms with Gasteiger partial charge in [-0.15, -0.1) is 24.0 Å². The lowest BCUT2D eigenvalue weighted by molar-refractivity contribution is 0.503. The predicted molar refractivity (Wildman–Crippen MR) is 130 cm³/mol. The van der Waals surface area contributed by atoms with E-state index in [1.54, 1.807) is 36.4 Å². The lowest BCUT2D eigenvalue weighted by Crippen LogP contribution is -2.43. The minimum absolute atomic E-state index is 0. The van der Waals surface area contributed by atoms with Crippen LogP contribution < -0.4 is 15.4 Å². The molecule has 0 aliphatic carbocycles. The first-order chi connectivity index (χ1) is 13.7. The van der Waals surface area contributed by atoms with E-state index in [1.807, 2.05) is 26.8 Å². The van der Waals surface area contributed by atoms with Crippen molar-refractivity contribution in [1.29, 1.82) is 0 Å². The smallest absolute Gasteiger partial charge is 0.240 e. The van der Waals surface area contributed by atoms with Gasteiger partial charge in [0.05, 0.1) is 11.4 Å². The highest BCUT2D eigenvalue weighted by molar-refractivity contribution is 14.0. The summed E-state index contributed by atoms with van der Waals surface area (Å²) in [5.74, 6) is 0.392. The van der Waals surface area contributed by atoms with Crippen LogP contribution in [0, 0.1) is 5.82 Å². The van der Waals surface area contributed by atoms with Gasteiger partial charge in [0.1, 0.15) is 5.82 Å². The van der Waals surface area contributed by atoms with E-state index >= 15 is 0 Å². The molecular formula is C21H30FIN4O2S. The Morgan fingerprint density at radius 2 is 1.77 bits per heavy atom. The molecule has 0 saturated heterocycles. The van der Waals surface area contributed by atoms with Crippen molar-refractivity contribution in [3.63, 3.8) is 0 Å². The van der Waals surface area contributed by atoms with Crippen molar-refractivity contribution >= 4 is 40.0 Å². The van der Waals surface area contributed by atoms with Crippen LogP contribution in [0.2, 0.25) is 0 Å². The molecular weight excluding hydrogens is 518 g/mol. The zero-order chi connectivity index (χ0) is 21.5. The molecule has 166 valence electrons. The van der Waals surface area contributed by atoms with Gasteiger partial charge in [-0.1, -0.05) is 38.1 Å². The summed E-state index contributed by atoms with van der Waals surface area (Å²) in [6, 6.07) is 13.2. The van der Waals surface area contributed by atoms with E-state index in [9.17, 15) is 12.8 Å². The van der Waals surface area contributed by atoms with Crippen LogP contribution in [0.15, 0.2) is 58.4 Å². The summed E-state index contributed by atoms with van der Waals surface area (Å²) in [7, 11) is -2.06. The first-order valence-corrected chi connectivity index (χ1v) is 11.0. The summed E-state index contributed by atoms with van der Waals surface area (Å²) in [4.78, 5) is 4.78. The topological polar surface area (TPSA) is 82.6 Å². The fraction of sp³-hybridized carbons (Fsp3) is 0.381. The Balaban J connectivity index is 0.00000450. The molecule has 9 heteroatoms. The lowest BCUT2D eigenvalue weighted by Gasteiger charge is -2.27. The van der Waals surface area contributed by atoms with Crippen LogP contribution in [0.3, 0.4) is 0 Å². The van der Waals surface area contributed by atoms with Crippen molar-refractivity contribution < 1.29 is 12.8 Å². The van der Waals surface area contributed by atoms with E-state index in [2.05, 4.69) is 20.3 Å². The van der Waals surface area contributed by atoms with Crippen molar-refractivity contribution in [2.24, 2.45) is 4.99 Å². The number of benzene rings is 2. The number of hydrogen-bond acceptors (Lipinski definition) is 3. The number of aliphatic imine (C=N–C) groups is 1. The highest BCUT2D eigenvalue weighted by Crippen LogP contribution is 2.22. The van der Waals surface area contributed by atoms with E-state index in [0.717, 1.165) is 11.1 Å². The molecule has 0 amide bonds. The number of halogens is 2. The molecule has 0 atom stereocenters. The average molecular weight is 548 g/mol. The Morgan fingerprint density at radius 3 is 2.33 bits per heavy atom. The number of rotatable bonds is 8. The summed E-state index contributed by atoms with van der Waals surface area (Å²) in [5, 5.41) is 6.50. The lowest BCUT2D eigenvalue weighted by atomic mass is 9.84. The van der Waals surface area contributed by atoms with Gasteiger partial charge in [-0.3, -0.25) is 0 Å². The summed E-state index contributed by atoms with van der Waals surface area (Å²) < 4.78 is 39.4. The molecule has 3 N–H and O–H groups in total. The van der Waals surface area contributed by atoms with Crippen LogP contribution in [0.5, 0.6) is 0 Å². The van der Waals surface area contributed by atoms with Gasteiger partial charge in [0, 0.05) is 18.5 Å². The maximum absolute atomic E-state index is 13.6. The van der Waals surface area contributed by atoms with Gasteiger partial charge < -0.3 is 10.6 Å². The maximum Gasteiger partial charge on any atom is 0.240 e. The monoisotopic (exact) mass is 548 g/mol. The quantitative estimate of drug-likeness (QED) is 0.269. The van der Waals surface area contributed by atoms with Crippen molar-refractivity contribution in [3.8, 4) is 0 Å². The SMILES string of the molecule is CCNC(=NCc1ccc(S(=O)(=O)NC)cc1)NCC(C)(C)c1cccc(F)c1.I. The fourth-order valence-electron chi connectivity index (χ4n) is 2.72. The largest absolute Gasteiger partial charge is 0.357 e. The molecule has 2 aromatic rings. The third-order valence-corrected chi connectivity index (χ3v) is 6.00. The number of hydrogen-bond donors (Lipinski definition) is 3. The van der Waals surface area contributed by atoms with Gasteiger partial charge in [0.2, 0.25) is 10.0 Å². The molecule has 0 unspecified atom stereocenters. The molecule has 2 aromatic carbocycles. The molecule has 0 bridgehead atoms.